The lowest BCUT2D eigenvalue weighted by molar-refractivity contribution is -0.143. The normalized spacial score (nSPS) is 12.9. The highest BCUT2D eigenvalue weighted by molar-refractivity contribution is 9.10. The van der Waals surface area contributed by atoms with Gasteiger partial charge in [-0.1, -0.05) is 62.4 Å². The van der Waals surface area contributed by atoms with E-state index >= 15 is 0 Å². The van der Waals surface area contributed by atoms with Crippen LogP contribution in [0.4, 0.5) is 26.3 Å². The van der Waals surface area contributed by atoms with Crippen LogP contribution in [0.5, 0.6) is 0 Å². The lowest BCUT2D eigenvalue weighted by Gasteiger charge is -2.23. The number of alkyl halides is 6. The van der Waals surface area contributed by atoms with Crippen molar-refractivity contribution in [1.82, 2.24) is 18.9 Å². The maximum absolute atomic E-state index is 14.5. The first-order valence-electron chi connectivity index (χ1n) is 13.0. The van der Waals surface area contributed by atoms with E-state index in [1.54, 1.807) is 59.2 Å². The molecule has 2 aromatic heterocycles. The number of fused-ring (bicyclic) bond motifs is 3. The van der Waals surface area contributed by atoms with Crippen LogP contribution in [0.15, 0.2) is 77.3 Å². The molecule has 0 saturated heterocycles. The molecule has 5 rings (SSSR count). The molecule has 0 bridgehead atoms. The van der Waals surface area contributed by atoms with E-state index in [0.717, 1.165) is 5.56 Å². The number of halogens is 7. The number of aromatic nitrogens is 3. The van der Waals surface area contributed by atoms with Gasteiger partial charge in [-0.15, -0.1) is 0 Å². The van der Waals surface area contributed by atoms with Crippen molar-refractivity contribution in [2.45, 2.75) is 51.6 Å². The second-order valence-electron chi connectivity index (χ2n) is 10.3. The molecule has 0 saturated carbocycles. The number of benzene rings is 3. The van der Waals surface area contributed by atoms with Crippen molar-refractivity contribution >= 4 is 32.7 Å². The van der Waals surface area contributed by atoms with Crippen LogP contribution in [0, 0.1) is 0 Å². The number of rotatable bonds is 8. The average Bonchev–Trinajstić information content (AvgIpc) is 3.43. The zero-order valence-electron chi connectivity index (χ0n) is 22.3. The molecule has 0 radical (unpaired) electrons. The Morgan fingerprint density at radius 3 is 2.12 bits per heavy atom. The van der Waals surface area contributed by atoms with Crippen LogP contribution < -0.4 is 0 Å². The Labute approximate surface area is 241 Å². The number of nitrogens with zero attached hydrogens (tertiary/aromatic N) is 4. The smallest absolute Gasteiger partial charge is 0.293 e. The summed E-state index contributed by atoms with van der Waals surface area (Å²) < 4.78 is 86.9. The van der Waals surface area contributed by atoms with Gasteiger partial charge in [-0.3, -0.25) is 13.9 Å². The lowest BCUT2D eigenvalue weighted by Crippen LogP contribution is -2.29. The Hall–Kier alpha value is -3.31. The predicted molar refractivity (Wildman–Crippen MR) is 150 cm³/mol. The van der Waals surface area contributed by atoms with E-state index < -0.39 is 31.0 Å². The van der Waals surface area contributed by atoms with Crippen molar-refractivity contribution in [3.8, 4) is 5.69 Å². The minimum Gasteiger partial charge on any atom is -0.293 e. The molecule has 0 amide bonds. The van der Waals surface area contributed by atoms with Gasteiger partial charge in [-0.25, -0.2) is 4.98 Å². The van der Waals surface area contributed by atoms with E-state index in [0.29, 0.717) is 26.8 Å². The molecule has 11 heteroatoms. The fourth-order valence-corrected chi connectivity index (χ4v) is 5.59. The van der Waals surface area contributed by atoms with Gasteiger partial charge in [0.2, 0.25) is 5.78 Å². The topological polar surface area (TPSA) is 25.5 Å². The summed E-state index contributed by atoms with van der Waals surface area (Å²) in [5.74, 6) is 0.269. The first kappa shape index (κ1) is 29.2. The van der Waals surface area contributed by atoms with Gasteiger partial charge in [0.15, 0.2) is 5.69 Å². The Kier molecular flexibility index (Phi) is 7.95. The van der Waals surface area contributed by atoms with Gasteiger partial charge in [-0.2, -0.15) is 26.3 Å². The van der Waals surface area contributed by atoms with Gasteiger partial charge < -0.3 is 0 Å². The molecule has 0 N–H and O–H groups in total. The van der Waals surface area contributed by atoms with E-state index in [-0.39, 0.29) is 30.5 Å². The van der Waals surface area contributed by atoms with Gasteiger partial charge in [0.05, 0.1) is 28.8 Å². The van der Waals surface area contributed by atoms with E-state index in [1.165, 1.54) is 9.30 Å². The highest BCUT2D eigenvalue weighted by Crippen LogP contribution is 2.38. The van der Waals surface area contributed by atoms with Crippen molar-refractivity contribution in [2.75, 3.05) is 6.54 Å². The summed E-state index contributed by atoms with van der Waals surface area (Å²) in [7, 11) is 0. The molecule has 41 heavy (non-hydrogen) atoms. The summed E-state index contributed by atoms with van der Waals surface area (Å²) in [5.41, 5.74) is 2.10. The standard InChI is InChI=1S/C30H27BrF6N4/c1-19(2)21-12-13-23(22(31)16-21)40-24-10-6-7-11-25(24)41-26(27(30(35,36)37)38-28(40)41)18-39(15-14-29(32,33)34)17-20-8-4-3-5-9-20/h3-13,16,19H,14-15,17-18H2,1-2H3. The highest BCUT2D eigenvalue weighted by atomic mass is 79.9. The van der Waals surface area contributed by atoms with E-state index in [4.69, 9.17) is 0 Å². The SMILES string of the molecule is CC(C)c1ccc(-n2c3ccccc3n3c(CN(CCC(F)(F)F)Cc4ccccc4)c(C(F)(F)F)nc23)c(Br)c1. The van der Waals surface area contributed by atoms with E-state index in [9.17, 15) is 26.3 Å². The van der Waals surface area contributed by atoms with Crippen LogP contribution in [0.2, 0.25) is 0 Å². The van der Waals surface area contributed by atoms with Crippen LogP contribution in [0.25, 0.3) is 22.5 Å². The van der Waals surface area contributed by atoms with Gasteiger partial charge in [0.1, 0.15) is 0 Å². The van der Waals surface area contributed by atoms with Crippen LogP contribution in [0.1, 0.15) is 48.7 Å². The Morgan fingerprint density at radius 2 is 1.51 bits per heavy atom. The van der Waals surface area contributed by atoms with Gasteiger partial charge in [0.25, 0.3) is 0 Å². The molecule has 0 aliphatic heterocycles. The monoisotopic (exact) mass is 636 g/mol. The van der Waals surface area contributed by atoms with E-state index in [1.807, 2.05) is 32.0 Å². The van der Waals surface area contributed by atoms with Crippen LogP contribution in [-0.4, -0.2) is 31.6 Å². The second kappa shape index (κ2) is 11.2. The summed E-state index contributed by atoms with van der Waals surface area (Å²) >= 11 is 3.59. The molecule has 2 heterocycles. The molecule has 5 aromatic rings. The number of para-hydroxylation sites is 2. The molecular weight excluding hydrogens is 610 g/mol. The van der Waals surface area contributed by atoms with Gasteiger partial charge >= 0.3 is 12.4 Å². The molecule has 0 spiro atoms. The molecular formula is C30H27BrF6N4. The van der Waals surface area contributed by atoms with Crippen molar-refractivity contribution in [3.63, 3.8) is 0 Å². The second-order valence-corrected chi connectivity index (χ2v) is 11.1. The predicted octanol–water partition coefficient (Wildman–Crippen LogP) is 9.14. The third-order valence-electron chi connectivity index (χ3n) is 7.00. The van der Waals surface area contributed by atoms with Crippen LogP contribution >= 0.6 is 15.9 Å². The molecule has 0 unspecified atom stereocenters. The highest BCUT2D eigenvalue weighted by Gasteiger charge is 2.40. The minimum absolute atomic E-state index is 0.0296. The zero-order valence-corrected chi connectivity index (χ0v) is 23.9. The van der Waals surface area contributed by atoms with Crippen molar-refractivity contribution in [1.29, 1.82) is 0 Å². The fraction of sp³-hybridized carbons (Fsp3) is 0.300. The quantitative estimate of drug-likeness (QED) is 0.159. The first-order chi connectivity index (χ1) is 19.3. The molecule has 0 fully saturated rings. The molecule has 0 atom stereocenters. The van der Waals surface area contributed by atoms with E-state index in [2.05, 4.69) is 20.9 Å². The van der Waals surface area contributed by atoms with Crippen molar-refractivity contribution in [3.05, 3.63) is 99.8 Å². The van der Waals surface area contributed by atoms with Crippen LogP contribution in [0.3, 0.4) is 0 Å². The summed E-state index contributed by atoms with van der Waals surface area (Å²) in [6.45, 7) is 3.27. The lowest BCUT2D eigenvalue weighted by atomic mass is 10.0. The summed E-state index contributed by atoms with van der Waals surface area (Å²) in [6, 6.07) is 21.4. The van der Waals surface area contributed by atoms with Gasteiger partial charge in [0, 0.05) is 24.1 Å². The third kappa shape index (κ3) is 6.16. The average molecular weight is 637 g/mol. The summed E-state index contributed by atoms with van der Waals surface area (Å²) in [5, 5.41) is 0. The maximum Gasteiger partial charge on any atom is 0.435 e. The fourth-order valence-electron chi connectivity index (χ4n) is 5.02. The maximum atomic E-state index is 14.5. The Balaban J connectivity index is 1.71. The largest absolute Gasteiger partial charge is 0.435 e. The third-order valence-corrected chi connectivity index (χ3v) is 7.64. The number of imidazole rings is 2. The first-order valence-corrected chi connectivity index (χ1v) is 13.8. The van der Waals surface area contributed by atoms with Crippen LogP contribution in [-0.2, 0) is 19.3 Å². The number of hydrogen-bond acceptors (Lipinski definition) is 2. The Bertz CT molecular complexity index is 1670. The minimum atomic E-state index is -4.82. The molecule has 3 aromatic carbocycles. The van der Waals surface area contributed by atoms with Crippen molar-refractivity contribution < 1.29 is 26.3 Å². The molecule has 0 aliphatic carbocycles. The summed E-state index contributed by atoms with van der Waals surface area (Å²) in [4.78, 5) is 5.49. The Morgan fingerprint density at radius 1 is 0.854 bits per heavy atom. The summed E-state index contributed by atoms with van der Waals surface area (Å²) in [6.07, 6.45) is -10.4. The molecule has 4 nitrogen and oxygen atoms in total. The molecule has 216 valence electrons. The zero-order chi connectivity index (χ0) is 29.5. The van der Waals surface area contributed by atoms with Gasteiger partial charge in [-0.05, 0) is 57.2 Å². The molecule has 0 aliphatic rings. The number of hydrogen-bond donors (Lipinski definition) is 0. The van der Waals surface area contributed by atoms with Crippen molar-refractivity contribution in [2.24, 2.45) is 0 Å².